The Kier molecular flexibility index (Phi) is 8.46. The number of anilines is 3. The molecule has 11 heteroatoms. The minimum Gasteiger partial charge on any atom is -0.379 e. The van der Waals surface area contributed by atoms with Gasteiger partial charge in [0.2, 0.25) is 0 Å². The van der Waals surface area contributed by atoms with Crippen molar-refractivity contribution in [2.45, 2.75) is 44.8 Å². The number of pyridine rings is 1. The number of nitrogens with zero attached hydrogens (tertiary/aromatic N) is 3. The van der Waals surface area contributed by atoms with E-state index in [4.69, 9.17) is 14.5 Å². The largest absolute Gasteiger partial charge is 0.389 e. The highest BCUT2D eigenvalue weighted by atomic mass is 19.4. The fourth-order valence-corrected chi connectivity index (χ4v) is 5.49. The minimum absolute atomic E-state index is 0.108. The first-order valence-corrected chi connectivity index (χ1v) is 13.7. The van der Waals surface area contributed by atoms with Gasteiger partial charge >= 0.3 is 12.2 Å². The lowest BCUT2D eigenvalue weighted by Gasteiger charge is -2.29. The highest BCUT2D eigenvalue weighted by Gasteiger charge is 2.36. The number of likely N-dealkylation sites (tertiary alicyclic amines) is 1. The van der Waals surface area contributed by atoms with Gasteiger partial charge in [0, 0.05) is 44.9 Å². The predicted molar refractivity (Wildman–Crippen MR) is 144 cm³/mol. The zero-order valence-electron chi connectivity index (χ0n) is 22.2. The third-order valence-electron chi connectivity index (χ3n) is 7.55. The SMILES string of the molecule is Cc1ccc(NC(=O)N2CC[C@@H](CC(F)(F)F)C2)cc1-c1cc(N[C@@H]2CCCOC2)nc(N2CCOCC2)c1. The van der Waals surface area contributed by atoms with Crippen LogP contribution in [0.3, 0.4) is 0 Å². The van der Waals surface area contributed by atoms with Crippen molar-refractivity contribution < 1.29 is 27.4 Å². The normalized spacial score (nSPS) is 22.2. The first kappa shape index (κ1) is 27.5. The standard InChI is InChI=1S/C28H36F3N5O3/c1-19-4-5-22(33-27(37)36-7-6-20(17-36)16-28(29,30)31)15-24(19)21-13-25(32-23-3-2-10-39-18-23)34-26(14-21)35-8-11-38-12-9-35/h4-5,13-15,20,23H,2-3,6-12,16-18H2,1H3,(H,32,34)(H,33,37)/t20-,23+/m0/s1. The van der Waals surface area contributed by atoms with Crippen molar-refractivity contribution in [1.82, 2.24) is 9.88 Å². The van der Waals surface area contributed by atoms with E-state index >= 15 is 0 Å². The summed E-state index contributed by atoms with van der Waals surface area (Å²) in [5.74, 6) is 1.07. The Morgan fingerprint density at radius 3 is 2.64 bits per heavy atom. The summed E-state index contributed by atoms with van der Waals surface area (Å²) in [6.07, 6.45) is -2.70. The molecule has 212 valence electrons. The van der Waals surface area contributed by atoms with Crippen LogP contribution in [0.1, 0.15) is 31.2 Å². The van der Waals surface area contributed by atoms with Crippen LogP contribution in [-0.4, -0.2) is 80.7 Å². The molecule has 2 amide bonds. The van der Waals surface area contributed by atoms with Gasteiger partial charge in [-0.3, -0.25) is 0 Å². The van der Waals surface area contributed by atoms with Crippen LogP contribution in [0, 0.1) is 12.8 Å². The molecule has 0 aliphatic carbocycles. The summed E-state index contributed by atoms with van der Waals surface area (Å²) in [5, 5.41) is 6.44. The number of nitrogens with one attached hydrogen (secondary N) is 2. The lowest BCUT2D eigenvalue weighted by Crippen LogP contribution is -2.37. The number of amides is 2. The van der Waals surface area contributed by atoms with Crippen molar-refractivity contribution in [2.24, 2.45) is 5.92 Å². The number of alkyl halides is 3. The highest BCUT2D eigenvalue weighted by molar-refractivity contribution is 5.91. The average molecular weight is 548 g/mol. The van der Waals surface area contributed by atoms with Gasteiger partial charge in [-0.15, -0.1) is 0 Å². The topological polar surface area (TPSA) is 79.0 Å². The molecule has 1 aromatic heterocycles. The molecule has 8 nitrogen and oxygen atoms in total. The summed E-state index contributed by atoms with van der Waals surface area (Å²) in [5.41, 5.74) is 3.54. The minimum atomic E-state index is -4.22. The molecule has 3 saturated heterocycles. The van der Waals surface area contributed by atoms with Crippen molar-refractivity contribution in [2.75, 3.05) is 68.1 Å². The van der Waals surface area contributed by atoms with Gasteiger partial charge in [0.05, 0.1) is 25.9 Å². The molecule has 39 heavy (non-hydrogen) atoms. The molecule has 3 aliphatic heterocycles. The molecular formula is C28H36F3N5O3. The van der Waals surface area contributed by atoms with E-state index in [9.17, 15) is 18.0 Å². The number of carbonyl (C=O) groups excluding carboxylic acids is 1. The van der Waals surface area contributed by atoms with Gasteiger partial charge in [-0.05, 0) is 73.1 Å². The van der Waals surface area contributed by atoms with E-state index in [1.807, 2.05) is 31.2 Å². The molecule has 3 aliphatic rings. The van der Waals surface area contributed by atoms with Crippen LogP contribution in [0.4, 0.5) is 35.3 Å². The van der Waals surface area contributed by atoms with E-state index < -0.39 is 18.5 Å². The Morgan fingerprint density at radius 2 is 1.90 bits per heavy atom. The van der Waals surface area contributed by atoms with E-state index in [-0.39, 0.29) is 18.6 Å². The molecule has 0 saturated carbocycles. The second kappa shape index (κ2) is 12.0. The number of aryl methyl sites for hydroxylation is 1. The summed E-state index contributed by atoms with van der Waals surface area (Å²) in [6, 6.07) is 9.58. The van der Waals surface area contributed by atoms with Crippen molar-refractivity contribution in [3.05, 3.63) is 35.9 Å². The maximum Gasteiger partial charge on any atom is 0.389 e. The van der Waals surface area contributed by atoms with Crippen LogP contribution >= 0.6 is 0 Å². The number of urea groups is 1. The average Bonchev–Trinajstić information content (AvgIpc) is 3.38. The molecule has 2 atom stereocenters. The number of morpholine rings is 1. The molecule has 0 spiro atoms. The quantitative estimate of drug-likeness (QED) is 0.512. The van der Waals surface area contributed by atoms with Crippen LogP contribution in [0.15, 0.2) is 30.3 Å². The molecule has 5 rings (SSSR count). The smallest absolute Gasteiger partial charge is 0.379 e. The van der Waals surface area contributed by atoms with Gasteiger partial charge in [-0.2, -0.15) is 13.2 Å². The Balaban J connectivity index is 1.36. The number of halogens is 3. The third kappa shape index (κ3) is 7.33. The zero-order valence-corrected chi connectivity index (χ0v) is 22.2. The molecule has 4 heterocycles. The third-order valence-corrected chi connectivity index (χ3v) is 7.55. The van der Waals surface area contributed by atoms with E-state index in [0.29, 0.717) is 38.5 Å². The monoisotopic (exact) mass is 547 g/mol. The van der Waals surface area contributed by atoms with Gasteiger partial charge in [0.25, 0.3) is 0 Å². The molecule has 0 bridgehead atoms. The Hall–Kier alpha value is -3.05. The number of benzene rings is 1. The first-order chi connectivity index (χ1) is 18.7. The van der Waals surface area contributed by atoms with Crippen LogP contribution in [0.2, 0.25) is 0 Å². The number of hydrogen-bond acceptors (Lipinski definition) is 6. The molecule has 0 unspecified atom stereocenters. The van der Waals surface area contributed by atoms with Crippen LogP contribution in [0.25, 0.3) is 11.1 Å². The molecule has 1 aromatic carbocycles. The van der Waals surface area contributed by atoms with Gasteiger partial charge < -0.3 is 29.9 Å². The van der Waals surface area contributed by atoms with Gasteiger partial charge in [0.1, 0.15) is 11.6 Å². The maximum atomic E-state index is 12.9. The zero-order chi connectivity index (χ0) is 27.4. The predicted octanol–water partition coefficient (Wildman–Crippen LogP) is 5.29. The molecule has 2 aromatic rings. The fraction of sp³-hybridized carbons (Fsp3) is 0.571. The number of ether oxygens (including phenoxy) is 2. The Bertz CT molecular complexity index is 1150. The lowest BCUT2D eigenvalue weighted by molar-refractivity contribution is -0.143. The van der Waals surface area contributed by atoms with Crippen molar-refractivity contribution in [3.8, 4) is 11.1 Å². The molecule has 3 fully saturated rings. The second-order valence-corrected chi connectivity index (χ2v) is 10.6. The van der Waals surface area contributed by atoms with E-state index in [1.165, 1.54) is 4.90 Å². The first-order valence-electron chi connectivity index (χ1n) is 13.7. The maximum absolute atomic E-state index is 12.9. The van der Waals surface area contributed by atoms with Crippen LogP contribution in [0.5, 0.6) is 0 Å². The van der Waals surface area contributed by atoms with Crippen LogP contribution in [-0.2, 0) is 9.47 Å². The molecular weight excluding hydrogens is 511 g/mol. The Morgan fingerprint density at radius 1 is 1.08 bits per heavy atom. The van der Waals surface area contributed by atoms with Gasteiger partial charge in [0.15, 0.2) is 0 Å². The summed E-state index contributed by atoms with van der Waals surface area (Å²) >= 11 is 0. The summed E-state index contributed by atoms with van der Waals surface area (Å²) < 4.78 is 49.5. The number of hydrogen-bond donors (Lipinski definition) is 2. The Labute approximate surface area is 226 Å². The number of rotatable bonds is 6. The molecule has 2 N–H and O–H groups in total. The van der Waals surface area contributed by atoms with Gasteiger partial charge in [-0.1, -0.05) is 6.07 Å². The van der Waals surface area contributed by atoms with Crippen molar-refractivity contribution in [1.29, 1.82) is 0 Å². The second-order valence-electron chi connectivity index (χ2n) is 10.6. The number of aromatic nitrogens is 1. The van der Waals surface area contributed by atoms with E-state index in [0.717, 1.165) is 60.9 Å². The van der Waals surface area contributed by atoms with E-state index in [1.54, 1.807) is 0 Å². The molecule has 0 radical (unpaired) electrons. The number of carbonyl (C=O) groups is 1. The van der Waals surface area contributed by atoms with E-state index in [2.05, 4.69) is 21.6 Å². The van der Waals surface area contributed by atoms with Crippen LogP contribution < -0.4 is 15.5 Å². The fourth-order valence-electron chi connectivity index (χ4n) is 5.49. The summed E-state index contributed by atoms with van der Waals surface area (Å²) in [4.78, 5) is 21.5. The summed E-state index contributed by atoms with van der Waals surface area (Å²) in [6.45, 7) is 6.65. The summed E-state index contributed by atoms with van der Waals surface area (Å²) in [7, 11) is 0. The van der Waals surface area contributed by atoms with Crippen molar-refractivity contribution in [3.63, 3.8) is 0 Å². The van der Waals surface area contributed by atoms with Crippen molar-refractivity contribution >= 4 is 23.4 Å². The lowest BCUT2D eigenvalue weighted by atomic mass is 10.00. The highest BCUT2D eigenvalue weighted by Crippen LogP contribution is 2.33. The van der Waals surface area contributed by atoms with Gasteiger partial charge in [-0.25, -0.2) is 9.78 Å².